The van der Waals surface area contributed by atoms with E-state index in [1.807, 2.05) is 6.92 Å². The third-order valence-corrected chi connectivity index (χ3v) is 3.34. The number of nitrogens with zero attached hydrogens (tertiary/aromatic N) is 1. The van der Waals surface area contributed by atoms with Gasteiger partial charge in [0.15, 0.2) is 17.5 Å². The topological polar surface area (TPSA) is 64.1 Å². The van der Waals surface area contributed by atoms with E-state index < -0.39 is 19.4 Å². The van der Waals surface area contributed by atoms with Gasteiger partial charge in [-0.2, -0.15) is 22.0 Å². The fourth-order valence-corrected chi connectivity index (χ4v) is 2.25. The van der Waals surface area contributed by atoms with Crippen LogP contribution in [-0.4, -0.2) is 51.7 Å². The molecule has 0 radical (unpaired) electrons. The number of nitrogens with one attached hydrogen (secondary N) is 2. The lowest BCUT2D eigenvalue weighted by atomic mass is 10.2. The van der Waals surface area contributed by atoms with Crippen LogP contribution in [0.15, 0.2) is 23.2 Å². The summed E-state index contributed by atoms with van der Waals surface area (Å²) in [6.45, 7) is 0.378. The smallest absolute Gasteiger partial charge is 0.411 e. The summed E-state index contributed by atoms with van der Waals surface area (Å²) in [5.41, 5.74) is 0.405. The summed E-state index contributed by atoms with van der Waals surface area (Å²) in [5, 5.41) is 5.91. The number of ether oxygens (including phenoxy) is 3. The molecule has 30 heavy (non-hydrogen) atoms. The average Bonchev–Trinajstić information content (AvgIpc) is 2.63. The van der Waals surface area contributed by atoms with Gasteiger partial charge in [-0.15, -0.1) is 24.0 Å². The van der Waals surface area contributed by atoms with Gasteiger partial charge >= 0.3 is 12.8 Å². The molecule has 0 unspecified atom stereocenters. The molecule has 0 spiro atoms. The van der Waals surface area contributed by atoms with Crippen molar-refractivity contribution < 1.29 is 36.2 Å². The second-order valence-corrected chi connectivity index (χ2v) is 5.70. The fraction of sp³-hybridized carbons (Fsp3) is 0.611. The van der Waals surface area contributed by atoms with Crippen LogP contribution in [0, 0.1) is 0 Å². The Labute approximate surface area is 189 Å². The van der Waals surface area contributed by atoms with Crippen molar-refractivity contribution in [3.8, 4) is 11.5 Å². The Balaban J connectivity index is 0.00000841. The Hall–Kier alpha value is -1.57. The molecular weight excluding hydrogens is 528 g/mol. The van der Waals surface area contributed by atoms with Gasteiger partial charge in [0.25, 0.3) is 0 Å². The zero-order valence-corrected chi connectivity index (χ0v) is 19.1. The first-order chi connectivity index (χ1) is 13.8. The van der Waals surface area contributed by atoms with Crippen LogP contribution in [0.1, 0.15) is 25.8 Å². The van der Waals surface area contributed by atoms with Crippen LogP contribution in [0.5, 0.6) is 11.5 Å². The van der Waals surface area contributed by atoms with Gasteiger partial charge in [-0.25, -0.2) is 4.99 Å². The van der Waals surface area contributed by atoms with E-state index in [-0.39, 0.29) is 55.2 Å². The summed E-state index contributed by atoms with van der Waals surface area (Å²) in [6.07, 6.45) is -4.02. The molecule has 0 aromatic heterocycles. The third-order valence-electron chi connectivity index (χ3n) is 3.34. The van der Waals surface area contributed by atoms with E-state index in [1.165, 1.54) is 6.07 Å². The van der Waals surface area contributed by atoms with Gasteiger partial charge in [0.1, 0.15) is 6.61 Å². The molecule has 6 nitrogen and oxygen atoms in total. The molecule has 1 aromatic rings. The van der Waals surface area contributed by atoms with E-state index >= 15 is 0 Å². The Kier molecular flexibility index (Phi) is 14.5. The minimum atomic E-state index is -4.35. The summed E-state index contributed by atoms with van der Waals surface area (Å²) >= 11 is 0. The van der Waals surface area contributed by atoms with Crippen molar-refractivity contribution in [1.29, 1.82) is 0 Å². The minimum Gasteiger partial charge on any atom is -0.490 e. The van der Waals surface area contributed by atoms with E-state index in [0.717, 1.165) is 0 Å². The van der Waals surface area contributed by atoms with Crippen molar-refractivity contribution >= 4 is 29.9 Å². The van der Waals surface area contributed by atoms with Crippen molar-refractivity contribution in [2.45, 2.75) is 39.6 Å². The Morgan fingerprint density at radius 1 is 1.17 bits per heavy atom. The maximum Gasteiger partial charge on any atom is 0.411 e. The van der Waals surface area contributed by atoms with Crippen molar-refractivity contribution in [1.82, 2.24) is 10.6 Å². The highest BCUT2D eigenvalue weighted by Crippen LogP contribution is 2.33. The van der Waals surface area contributed by atoms with E-state index in [1.54, 1.807) is 19.1 Å². The average molecular weight is 555 g/mol. The molecule has 0 atom stereocenters. The van der Waals surface area contributed by atoms with Gasteiger partial charge in [-0.3, -0.25) is 0 Å². The molecule has 1 aromatic carbocycles. The molecule has 12 heteroatoms. The van der Waals surface area contributed by atoms with Crippen LogP contribution in [0.3, 0.4) is 0 Å². The van der Waals surface area contributed by atoms with Crippen molar-refractivity contribution in [2.75, 3.05) is 32.9 Å². The molecule has 0 heterocycles. The lowest BCUT2D eigenvalue weighted by Gasteiger charge is -2.15. The lowest BCUT2D eigenvalue weighted by molar-refractivity contribution is -0.173. The molecule has 0 saturated heterocycles. The fourth-order valence-electron chi connectivity index (χ4n) is 2.25. The maximum absolute atomic E-state index is 12.8. The molecule has 2 N–H and O–H groups in total. The highest BCUT2D eigenvalue weighted by molar-refractivity contribution is 14.0. The van der Waals surface area contributed by atoms with Crippen LogP contribution in [-0.2, 0) is 11.3 Å². The minimum absolute atomic E-state index is 0. The van der Waals surface area contributed by atoms with Gasteiger partial charge in [0.2, 0.25) is 0 Å². The van der Waals surface area contributed by atoms with Gasteiger partial charge in [0.05, 0.1) is 13.2 Å². The summed E-state index contributed by atoms with van der Waals surface area (Å²) in [7, 11) is 0. The molecule has 0 aliphatic carbocycles. The number of aliphatic imine (C=N–C) groups is 1. The zero-order valence-electron chi connectivity index (χ0n) is 16.7. The molecular formula is C18H27F5IN3O3. The standard InChI is InChI=1S/C18H26F5N3O3.HI/c1-3-24-17(25-9-6-10-27-12-18(21,22)23)26-11-13-7-5-8-14(28-4-2)15(13)29-16(19)20;/h5,7-8,16H,3-4,6,9-12H2,1-2H3,(H2,24,25,26);1H. The van der Waals surface area contributed by atoms with E-state index in [4.69, 9.17) is 4.74 Å². The summed E-state index contributed by atoms with van der Waals surface area (Å²) in [4.78, 5) is 4.30. The normalized spacial score (nSPS) is 11.8. The first-order valence-corrected chi connectivity index (χ1v) is 9.13. The van der Waals surface area contributed by atoms with E-state index in [0.29, 0.717) is 31.0 Å². The van der Waals surface area contributed by atoms with Crippen molar-refractivity contribution in [3.05, 3.63) is 23.8 Å². The maximum atomic E-state index is 12.8. The number of rotatable bonds is 12. The molecule has 0 bridgehead atoms. The molecule has 0 amide bonds. The van der Waals surface area contributed by atoms with Crippen LogP contribution >= 0.6 is 24.0 Å². The Bertz CT molecular complexity index is 634. The number of halogens is 6. The van der Waals surface area contributed by atoms with Gasteiger partial charge < -0.3 is 24.8 Å². The third kappa shape index (κ3) is 12.2. The van der Waals surface area contributed by atoms with Gasteiger partial charge in [-0.1, -0.05) is 12.1 Å². The summed E-state index contributed by atoms with van der Waals surface area (Å²) in [5.74, 6) is 0.498. The molecule has 0 fully saturated rings. The Morgan fingerprint density at radius 2 is 1.90 bits per heavy atom. The predicted octanol–water partition coefficient (Wildman–Crippen LogP) is 4.33. The van der Waals surface area contributed by atoms with Gasteiger partial charge in [0, 0.05) is 25.3 Å². The largest absolute Gasteiger partial charge is 0.490 e. The highest BCUT2D eigenvalue weighted by atomic mass is 127. The SMILES string of the molecule is CCNC(=NCc1cccc(OCC)c1OC(F)F)NCCCOCC(F)(F)F.I. The quantitative estimate of drug-likeness (QED) is 0.132. The Morgan fingerprint density at radius 3 is 2.50 bits per heavy atom. The van der Waals surface area contributed by atoms with Crippen LogP contribution in [0.25, 0.3) is 0 Å². The predicted molar refractivity (Wildman–Crippen MR) is 114 cm³/mol. The van der Waals surface area contributed by atoms with E-state index in [2.05, 4.69) is 25.1 Å². The molecule has 174 valence electrons. The van der Waals surface area contributed by atoms with Crippen molar-refractivity contribution in [3.63, 3.8) is 0 Å². The highest BCUT2D eigenvalue weighted by Gasteiger charge is 2.27. The van der Waals surface area contributed by atoms with Crippen LogP contribution < -0.4 is 20.1 Å². The number of alkyl halides is 5. The molecule has 0 aliphatic rings. The number of guanidine groups is 1. The first kappa shape index (κ1) is 28.4. The van der Waals surface area contributed by atoms with Gasteiger partial charge in [-0.05, 0) is 26.3 Å². The number of benzene rings is 1. The van der Waals surface area contributed by atoms with Crippen LogP contribution in [0.2, 0.25) is 0 Å². The van der Waals surface area contributed by atoms with Crippen LogP contribution in [0.4, 0.5) is 22.0 Å². The number of hydrogen-bond donors (Lipinski definition) is 2. The summed E-state index contributed by atoms with van der Waals surface area (Å²) < 4.78 is 76.0. The molecule has 0 aliphatic heterocycles. The lowest BCUT2D eigenvalue weighted by Crippen LogP contribution is -2.38. The monoisotopic (exact) mass is 555 g/mol. The van der Waals surface area contributed by atoms with E-state index in [9.17, 15) is 22.0 Å². The first-order valence-electron chi connectivity index (χ1n) is 9.13. The second-order valence-electron chi connectivity index (χ2n) is 5.70. The molecule has 1 rings (SSSR count). The number of hydrogen-bond acceptors (Lipinski definition) is 4. The second kappa shape index (κ2) is 15.3. The zero-order chi connectivity index (χ0) is 21.7. The number of para-hydroxylation sites is 1. The van der Waals surface area contributed by atoms with Crippen molar-refractivity contribution in [2.24, 2.45) is 4.99 Å². The molecule has 0 saturated carbocycles. The summed E-state index contributed by atoms with van der Waals surface area (Å²) in [6, 6.07) is 4.77.